The first kappa shape index (κ1) is 13.7. The van der Waals surface area contributed by atoms with E-state index in [9.17, 15) is 0 Å². The fraction of sp³-hybridized carbons (Fsp3) is 0.571. The third-order valence-electron chi connectivity index (χ3n) is 2.63. The lowest BCUT2D eigenvalue weighted by Gasteiger charge is -2.28. The summed E-state index contributed by atoms with van der Waals surface area (Å²) in [6, 6.07) is 9.22. The summed E-state index contributed by atoms with van der Waals surface area (Å²) in [5.74, 6) is 0.720. The summed E-state index contributed by atoms with van der Waals surface area (Å²) in [6.45, 7) is 11.3. The lowest BCUT2D eigenvalue weighted by molar-refractivity contribution is 0.189. The number of nitrogens with zero attached hydrogens (tertiary/aromatic N) is 1. The Morgan fingerprint density at radius 3 is 2.06 bits per heavy atom. The monoisotopic (exact) mass is 283 g/mol. The molecule has 0 aliphatic rings. The molecule has 0 spiro atoms. The van der Waals surface area contributed by atoms with Gasteiger partial charge < -0.3 is 0 Å². The van der Waals surface area contributed by atoms with Crippen molar-refractivity contribution in [3.8, 4) is 0 Å². The Hall–Kier alpha value is -0.340. The van der Waals surface area contributed by atoms with Crippen LogP contribution in [0.4, 0.5) is 0 Å². The summed E-state index contributed by atoms with van der Waals surface area (Å²) in [4.78, 5) is 2.52. The molecule has 1 rings (SSSR count). The highest BCUT2D eigenvalue weighted by molar-refractivity contribution is 9.10. The van der Waals surface area contributed by atoms with Gasteiger partial charge in [0, 0.05) is 23.6 Å². The van der Waals surface area contributed by atoms with Crippen LogP contribution in [0.5, 0.6) is 0 Å². The summed E-state index contributed by atoms with van der Waals surface area (Å²) in [7, 11) is 0. The molecular weight excluding hydrogens is 262 g/mol. The van der Waals surface area contributed by atoms with Gasteiger partial charge in [-0.15, -0.1) is 0 Å². The second kappa shape index (κ2) is 6.41. The smallest absolute Gasteiger partial charge is 0.0236 e. The highest BCUT2D eigenvalue weighted by atomic mass is 79.9. The van der Waals surface area contributed by atoms with Crippen molar-refractivity contribution in [2.24, 2.45) is 5.92 Å². The maximum atomic E-state index is 3.47. The standard InChI is InChI=1S/C14H22BrN/c1-11(2)9-16(12(3)4)10-13-5-7-14(15)8-6-13/h5-8,11-12H,9-10H2,1-4H3. The summed E-state index contributed by atoms with van der Waals surface area (Å²) >= 11 is 3.47. The molecule has 0 bridgehead atoms. The van der Waals surface area contributed by atoms with Gasteiger partial charge in [0.05, 0.1) is 0 Å². The first-order chi connectivity index (χ1) is 7.49. The highest BCUT2D eigenvalue weighted by Crippen LogP contribution is 2.14. The average molecular weight is 284 g/mol. The van der Waals surface area contributed by atoms with Crippen molar-refractivity contribution in [3.05, 3.63) is 34.3 Å². The van der Waals surface area contributed by atoms with Gasteiger partial charge in [0.2, 0.25) is 0 Å². The average Bonchev–Trinajstić information content (AvgIpc) is 2.19. The molecule has 0 amide bonds. The van der Waals surface area contributed by atoms with Crippen LogP contribution in [0, 0.1) is 5.92 Å². The minimum atomic E-state index is 0.603. The largest absolute Gasteiger partial charge is 0.296 e. The molecule has 0 aliphatic carbocycles. The van der Waals surface area contributed by atoms with Crippen molar-refractivity contribution >= 4 is 15.9 Å². The fourth-order valence-electron chi connectivity index (χ4n) is 1.75. The lowest BCUT2D eigenvalue weighted by Crippen LogP contribution is -2.33. The number of halogens is 1. The third-order valence-corrected chi connectivity index (χ3v) is 3.16. The van der Waals surface area contributed by atoms with Crippen LogP contribution < -0.4 is 0 Å². The van der Waals surface area contributed by atoms with Crippen LogP contribution in [0.15, 0.2) is 28.7 Å². The number of rotatable bonds is 5. The molecule has 0 aliphatic heterocycles. The van der Waals surface area contributed by atoms with Gasteiger partial charge in [-0.3, -0.25) is 4.90 Å². The van der Waals surface area contributed by atoms with E-state index in [2.05, 4.69) is 72.8 Å². The molecule has 1 nitrogen and oxygen atoms in total. The predicted octanol–water partition coefficient (Wildman–Crippen LogP) is 4.32. The molecule has 0 heterocycles. The van der Waals surface area contributed by atoms with E-state index in [0.29, 0.717) is 6.04 Å². The van der Waals surface area contributed by atoms with Gasteiger partial charge in [0.1, 0.15) is 0 Å². The Morgan fingerprint density at radius 1 is 1.06 bits per heavy atom. The summed E-state index contributed by atoms with van der Waals surface area (Å²) < 4.78 is 1.15. The molecule has 0 saturated heterocycles. The molecule has 90 valence electrons. The Bertz CT molecular complexity index is 303. The van der Waals surface area contributed by atoms with Crippen molar-refractivity contribution in [2.75, 3.05) is 6.54 Å². The fourth-order valence-corrected chi connectivity index (χ4v) is 2.02. The zero-order valence-corrected chi connectivity index (χ0v) is 12.3. The Labute approximate surface area is 108 Å². The van der Waals surface area contributed by atoms with E-state index in [-0.39, 0.29) is 0 Å². The first-order valence-electron chi connectivity index (χ1n) is 5.97. The van der Waals surface area contributed by atoms with Gasteiger partial charge in [0.15, 0.2) is 0 Å². The van der Waals surface area contributed by atoms with Gasteiger partial charge in [-0.1, -0.05) is 41.9 Å². The summed E-state index contributed by atoms with van der Waals surface area (Å²) in [6.07, 6.45) is 0. The minimum absolute atomic E-state index is 0.603. The van der Waals surface area contributed by atoms with Crippen molar-refractivity contribution in [2.45, 2.75) is 40.3 Å². The van der Waals surface area contributed by atoms with Crippen LogP contribution in [-0.2, 0) is 6.54 Å². The van der Waals surface area contributed by atoms with E-state index in [1.807, 2.05) is 0 Å². The van der Waals surface area contributed by atoms with Crippen molar-refractivity contribution in [1.82, 2.24) is 4.90 Å². The van der Waals surface area contributed by atoms with Crippen LogP contribution in [0.25, 0.3) is 0 Å². The molecule has 0 atom stereocenters. The molecule has 2 heteroatoms. The molecule has 16 heavy (non-hydrogen) atoms. The SMILES string of the molecule is CC(C)CN(Cc1ccc(Br)cc1)C(C)C. The number of hydrogen-bond acceptors (Lipinski definition) is 1. The maximum Gasteiger partial charge on any atom is 0.0236 e. The molecule has 0 saturated carbocycles. The van der Waals surface area contributed by atoms with Crippen LogP contribution >= 0.6 is 15.9 Å². The van der Waals surface area contributed by atoms with Gasteiger partial charge in [-0.05, 0) is 37.5 Å². The van der Waals surface area contributed by atoms with E-state index < -0.39 is 0 Å². The van der Waals surface area contributed by atoms with Gasteiger partial charge >= 0.3 is 0 Å². The van der Waals surface area contributed by atoms with E-state index in [4.69, 9.17) is 0 Å². The van der Waals surface area contributed by atoms with E-state index >= 15 is 0 Å². The molecule has 0 radical (unpaired) electrons. The molecule has 0 aromatic heterocycles. The molecular formula is C14H22BrN. The van der Waals surface area contributed by atoms with Crippen LogP contribution in [0.2, 0.25) is 0 Å². The van der Waals surface area contributed by atoms with Gasteiger partial charge in [0.25, 0.3) is 0 Å². The lowest BCUT2D eigenvalue weighted by atomic mass is 10.1. The zero-order valence-electron chi connectivity index (χ0n) is 10.7. The van der Waals surface area contributed by atoms with Crippen molar-refractivity contribution in [1.29, 1.82) is 0 Å². The van der Waals surface area contributed by atoms with Crippen LogP contribution in [0.3, 0.4) is 0 Å². The third kappa shape index (κ3) is 4.67. The quantitative estimate of drug-likeness (QED) is 0.778. The Morgan fingerprint density at radius 2 is 1.62 bits per heavy atom. The van der Waals surface area contributed by atoms with Crippen molar-refractivity contribution in [3.63, 3.8) is 0 Å². The maximum absolute atomic E-state index is 3.47. The molecule has 1 aromatic rings. The van der Waals surface area contributed by atoms with Crippen LogP contribution in [0.1, 0.15) is 33.3 Å². The van der Waals surface area contributed by atoms with Gasteiger partial charge in [-0.25, -0.2) is 0 Å². The van der Waals surface area contributed by atoms with E-state index in [0.717, 1.165) is 23.5 Å². The second-order valence-corrected chi connectivity index (χ2v) is 5.96. The molecule has 0 N–H and O–H groups in total. The first-order valence-corrected chi connectivity index (χ1v) is 6.77. The Kier molecular flexibility index (Phi) is 5.50. The normalized spacial score (nSPS) is 11.8. The topological polar surface area (TPSA) is 3.24 Å². The van der Waals surface area contributed by atoms with E-state index in [1.165, 1.54) is 5.56 Å². The number of hydrogen-bond donors (Lipinski definition) is 0. The van der Waals surface area contributed by atoms with Crippen molar-refractivity contribution < 1.29 is 0 Å². The molecule has 0 unspecified atom stereocenters. The molecule has 1 aromatic carbocycles. The zero-order chi connectivity index (χ0) is 12.1. The summed E-state index contributed by atoms with van der Waals surface area (Å²) in [5.41, 5.74) is 1.39. The summed E-state index contributed by atoms with van der Waals surface area (Å²) in [5, 5.41) is 0. The predicted molar refractivity (Wildman–Crippen MR) is 74.5 cm³/mol. The number of benzene rings is 1. The van der Waals surface area contributed by atoms with E-state index in [1.54, 1.807) is 0 Å². The second-order valence-electron chi connectivity index (χ2n) is 5.04. The molecule has 0 fully saturated rings. The van der Waals surface area contributed by atoms with Gasteiger partial charge in [-0.2, -0.15) is 0 Å². The highest BCUT2D eigenvalue weighted by Gasteiger charge is 2.11. The minimum Gasteiger partial charge on any atom is -0.296 e. The van der Waals surface area contributed by atoms with Crippen LogP contribution in [-0.4, -0.2) is 17.5 Å². The Balaban J connectivity index is 2.64.